The summed E-state index contributed by atoms with van der Waals surface area (Å²) in [5.41, 5.74) is 4.57. The third-order valence-corrected chi connectivity index (χ3v) is 8.59. The summed E-state index contributed by atoms with van der Waals surface area (Å²) in [4.78, 5) is 32.2. The van der Waals surface area contributed by atoms with E-state index in [4.69, 9.17) is 11.6 Å². The molecule has 4 aromatic rings. The first-order valence-electron chi connectivity index (χ1n) is 13.4. The van der Waals surface area contributed by atoms with Crippen molar-refractivity contribution in [2.24, 2.45) is 7.05 Å². The first-order valence-corrected chi connectivity index (χ1v) is 13.7. The van der Waals surface area contributed by atoms with Crippen molar-refractivity contribution < 1.29 is 4.79 Å². The number of pyridine rings is 1. The first kappa shape index (κ1) is 24.1. The van der Waals surface area contributed by atoms with E-state index >= 15 is 0 Å². The summed E-state index contributed by atoms with van der Waals surface area (Å²) in [5, 5.41) is 2.47. The van der Waals surface area contributed by atoms with Gasteiger partial charge in [-0.05, 0) is 43.5 Å². The smallest absolute Gasteiger partial charge is 0.275 e. The molecular weight excluding hydrogens is 484 g/mol. The SMILES string of the molecule is Cc1ccc(Cl)cc1N1CCN(C(=O)c2cn(C3CCCCC3)c(=O)c3c2c2ccccc2n3C)CC1. The van der Waals surface area contributed by atoms with Crippen molar-refractivity contribution in [1.29, 1.82) is 0 Å². The molecule has 2 aliphatic rings. The van der Waals surface area contributed by atoms with Crippen LogP contribution < -0.4 is 10.5 Å². The van der Waals surface area contributed by atoms with Crippen molar-refractivity contribution in [3.05, 3.63) is 75.2 Å². The lowest BCUT2D eigenvalue weighted by atomic mass is 9.94. The van der Waals surface area contributed by atoms with E-state index in [9.17, 15) is 9.59 Å². The number of aromatic nitrogens is 2. The van der Waals surface area contributed by atoms with Crippen molar-refractivity contribution in [3.63, 3.8) is 0 Å². The van der Waals surface area contributed by atoms with Gasteiger partial charge in [-0.1, -0.05) is 55.1 Å². The molecule has 0 radical (unpaired) electrons. The summed E-state index contributed by atoms with van der Waals surface area (Å²) in [6, 6.07) is 14.1. The van der Waals surface area contributed by atoms with Crippen molar-refractivity contribution >= 4 is 45.0 Å². The fraction of sp³-hybridized carbons (Fsp3) is 0.400. The third kappa shape index (κ3) is 4.11. The second-order valence-corrected chi connectivity index (χ2v) is 11.0. The molecule has 0 bridgehead atoms. The number of para-hydroxylation sites is 1. The Kier molecular flexibility index (Phi) is 6.23. The highest BCUT2D eigenvalue weighted by Crippen LogP contribution is 2.33. The van der Waals surface area contributed by atoms with Crippen LogP contribution in [0.15, 0.2) is 53.5 Å². The van der Waals surface area contributed by atoms with Gasteiger partial charge in [-0.3, -0.25) is 9.59 Å². The maximum atomic E-state index is 14.1. The highest BCUT2D eigenvalue weighted by molar-refractivity contribution is 6.30. The van der Waals surface area contributed by atoms with Gasteiger partial charge >= 0.3 is 0 Å². The Bertz CT molecular complexity index is 1560. The van der Waals surface area contributed by atoms with E-state index in [-0.39, 0.29) is 17.5 Å². The van der Waals surface area contributed by atoms with Crippen molar-refractivity contribution in [2.45, 2.75) is 45.1 Å². The summed E-state index contributed by atoms with van der Waals surface area (Å²) in [5.74, 6) is 0.00776. The topological polar surface area (TPSA) is 50.5 Å². The molecule has 1 aliphatic heterocycles. The van der Waals surface area contributed by atoms with E-state index in [1.807, 2.05) is 69.7 Å². The molecule has 0 N–H and O–H groups in total. The van der Waals surface area contributed by atoms with E-state index in [0.29, 0.717) is 24.2 Å². The molecule has 0 spiro atoms. The number of halogens is 1. The average Bonchev–Trinajstić information content (AvgIpc) is 3.23. The van der Waals surface area contributed by atoms with Gasteiger partial charge < -0.3 is 18.9 Å². The van der Waals surface area contributed by atoms with Gasteiger partial charge in [0.05, 0.1) is 5.56 Å². The third-order valence-electron chi connectivity index (χ3n) is 8.36. The molecule has 7 heteroatoms. The normalized spacial score (nSPS) is 17.2. The van der Waals surface area contributed by atoms with Gasteiger partial charge in [0.1, 0.15) is 5.52 Å². The van der Waals surface area contributed by atoms with Gasteiger partial charge in [-0.25, -0.2) is 0 Å². The van der Waals surface area contributed by atoms with Crippen molar-refractivity contribution in [1.82, 2.24) is 14.0 Å². The molecule has 1 saturated carbocycles. The minimum Gasteiger partial charge on any atom is -0.368 e. The zero-order chi connectivity index (χ0) is 25.7. The van der Waals surface area contributed by atoms with Crippen molar-refractivity contribution in [2.75, 3.05) is 31.1 Å². The number of anilines is 1. The van der Waals surface area contributed by atoms with Crippen LogP contribution in [0, 0.1) is 6.92 Å². The van der Waals surface area contributed by atoms with Gasteiger partial charge in [0.25, 0.3) is 11.5 Å². The predicted molar refractivity (Wildman–Crippen MR) is 151 cm³/mol. The van der Waals surface area contributed by atoms with E-state index in [1.54, 1.807) is 0 Å². The summed E-state index contributed by atoms with van der Waals surface area (Å²) >= 11 is 6.27. The number of piperazine rings is 1. The molecule has 6 nitrogen and oxygen atoms in total. The van der Waals surface area contributed by atoms with Crippen LogP contribution in [0.1, 0.15) is 54.1 Å². The molecule has 3 heterocycles. The van der Waals surface area contributed by atoms with E-state index in [2.05, 4.69) is 11.8 Å². The number of hydrogen-bond acceptors (Lipinski definition) is 3. The van der Waals surface area contributed by atoms with Crippen LogP contribution in [0.2, 0.25) is 5.02 Å². The zero-order valence-corrected chi connectivity index (χ0v) is 22.3. The quantitative estimate of drug-likeness (QED) is 0.339. The van der Waals surface area contributed by atoms with Gasteiger partial charge in [-0.15, -0.1) is 0 Å². The number of fused-ring (bicyclic) bond motifs is 3. The van der Waals surface area contributed by atoms with E-state index < -0.39 is 0 Å². The van der Waals surface area contributed by atoms with E-state index in [1.165, 1.54) is 12.0 Å². The summed E-state index contributed by atoms with van der Waals surface area (Å²) in [7, 11) is 1.94. The molecular formula is C30H33ClN4O2. The summed E-state index contributed by atoms with van der Waals surface area (Å²) < 4.78 is 3.85. The molecule has 1 saturated heterocycles. The second kappa shape index (κ2) is 9.56. The highest BCUT2D eigenvalue weighted by atomic mass is 35.5. The van der Waals surface area contributed by atoms with Crippen LogP contribution >= 0.6 is 11.6 Å². The Balaban J connectivity index is 1.40. The number of aryl methyl sites for hydroxylation is 2. The molecule has 1 amide bonds. The lowest BCUT2D eigenvalue weighted by molar-refractivity contribution is 0.0747. The number of nitrogens with zero attached hydrogens (tertiary/aromatic N) is 4. The largest absolute Gasteiger partial charge is 0.368 e. The minimum absolute atomic E-state index is 0.00776. The molecule has 6 rings (SSSR count). The first-order chi connectivity index (χ1) is 17.9. The number of amides is 1. The number of hydrogen-bond donors (Lipinski definition) is 0. The molecule has 1 aliphatic carbocycles. The number of carbonyl (C=O) groups excluding carboxylic acids is 1. The maximum absolute atomic E-state index is 14.1. The van der Waals surface area contributed by atoms with Crippen LogP contribution in [0.4, 0.5) is 5.69 Å². The Morgan fingerprint density at radius 2 is 1.70 bits per heavy atom. The average molecular weight is 517 g/mol. The summed E-state index contributed by atoms with van der Waals surface area (Å²) in [6.07, 6.45) is 7.31. The highest BCUT2D eigenvalue weighted by Gasteiger charge is 2.29. The Morgan fingerprint density at radius 3 is 2.46 bits per heavy atom. The Morgan fingerprint density at radius 1 is 0.973 bits per heavy atom. The maximum Gasteiger partial charge on any atom is 0.275 e. The van der Waals surface area contributed by atoms with Gasteiger partial charge in [-0.2, -0.15) is 0 Å². The van der Waals surface area contributed by atoms with Gasteiger partial charge in [0.15, 0.2) is 0 Å². The molecule has 0 unspecified atom stereocenters. The Hall–Kier alpha value is -3.25. The molecule has 0 atom stereocenters. The number of rotatable bonds is 3. The number of carbonyl (C=O) groups is 1. The van der Waals surface area contributed by atoms with Crippen LogP contribution in [-0.4, -0.2) is 46.1 Å². The lowest BCUT2D eigenvalue weighted by Gasteiger charge is -2.37. The molecule has 2 aromatic carbocycles. The van der Waals surface area contributed by atoms with Crippen LogP contribution in [0.3, 0.4) is 0 Å². The second-order valence-electron chi connectivity index (χ2n) is 10.6. The van der Waals surface area contributed by atoms with Gasteiger partial charge in [0.2, 0.25) is 0 Å². The fourth-order valence-electron chi connectivity index (χ4n) is 6.34. The standard InChI is InChI=1S/C30H33ClN4O2/c1-20-12-13-21(31)18-26(20)33-14-16-34(17-15-33)29(36)24-19-35(22-8-4-3-5-9-22)30(37)28-27(24)23-10-6-7-11-25(23)32(28)2/h6-7,10-13,18-19,22H,3-5,8-9,14-17H2,1-2H3. The van der Waals surface area contributed by atoms with Crippen LogP contribution in [-0.2, 0) is 7.05 Å². The molecule has 192 valence electrons. The molecule has 2 fully saturated rings. The Labute approximate surface area is 222 Å². The number of benzene rings is 2. The van der Waals surface area contributed by atoms with E-state index in [0.717, 1.165) is 65.8 Å². The monoisotopic (exact) mass is 516 g/mol. The predicted octanol–water partition coefficient (Wildman–Crippen LogP) is 5.92. The van der Waals surface area contributed by atoms with Crippen LogP contribution in [0.25, 0.3) is 21.8 Å². The zero-order valence-electron chi connectivity index (χ0n) is 21.5. The minimum atomic E-state index is 0.00776. The lowest BCUT2D eigenvalue weighted by Crippen LogP contribution is -2.49. The molecule has 37 heavy (non-hydrogen) atoms. The fourth-order valence-corrected chi connectivity index (χ4v) is 6.50. The van der Waals surface area contributed by atoms with Crippen molar-refractivity contribution in [3.8, 4) is 0 Å². The van der Waals surface area contributed by atoms with Gasteiger partial charge in [0, 0.05) is 72.5 Å². The summed E-state index contributed by atoms with van der Waals surface area (Å²) in [6.45, 7) is 4.83. The van der Waals surface area contributed by atoms with Crippen LogP contribution in [0.5, 0.6) is 0 Å². The molecule has 2 aromatic heterocycles.